The van der Waals surface area contributed by atoms with E-state index >= 15 is 0 Å². The van der Waals surface area contributed by atoms with Gasteiger partial charge in [-0.3, -0.25) is 0 Å². The molecule has 1 aromatic carbocycles. The average Bonchev–Trinajstić information content (AvgIpc) is 2.60. The van der Waals surface area contributed by atoms with Gasteiger partial charge in [0.2, 0.25) is 10.0 Å². The molecule has 1 aromatic rings. The van der Waals surface area contributed by atoms with Gasteiger partial charge in [0, 0.05) is 25.6 Å². The maximum absolute atomic E-state index is 13.7. The number of carbonyl (C=O) groups is 1. The first-order valence-corrected chi connectivity index (χ1v) is 9.26. The second-order valence-electron chi connectivity index (χ2n) is 6.08. The van der Waals surface area contributed by atoms with Gasteiger partial charge in [-0.25, -0.2) is 22.0 Å². The zero-order valence-electron chi connectivity index (χ0n) is 13.8. The van der Waals surface area contributed by atoms with Crippen molar-refractivity contribution in [2.75, 3.05) is 26.3 Å². The predicted molar refractivity (Wildman–Crippen MR) is 86.7 cm³/mol. The predicted octanol–water partition coefficient (Wildman–Crippen LogP) is 1.59. The Hall–Kier alpha value is -2.04. The Balaban J connectivity index is 2.01. The van der Waals surface area contributed by atoms with Crippen LogP contribution >= 0.6 is 0 Å². The second-order valence-corrected chi connectivity index (χ2v) is 8.01. The van der Waals surface area contributed by atoms with Gasteiger partial charge >= 0.3 is 5.97 Å². The number of carboxylic acid groups (broad SMARTS) is 1. The zero-order valence-corrected chi connectivity index (χ0v) is 14.6. The lowest BCUT2D eigenvalue weighted by Crippen LogP contribution is -2.41. The molecule has 0 saturated carbocycles. The van der Waals surface area contributed by atoms with E-state index in [1.54, 1.807) is 0 Å². The molecule has 1 unspecified atom stereocenters. The summed E-state index contributed by atoms with van der Waals surface area (Å²) in [6.45, 7) is 1.54. The Kier molecular flexibility index (Phi) is 4.76. The van der Waals surface area contributed by atoms with Crippen LogP contribution in [0.3, 0.4) is 0 Å². The normalized spacial score (nSPS) is 21.5. The van der Waals surface area contributed by atoms with E-state index < -0.39 is 33.6 Å². The summed E-state index contributed by atoms with van der Waals surface area (Å²) < 4.78 is 64.3. The number of carboxylic acids is 1. The number of hydrogen-bond donors (Lipinski definition) is 1. The van der Waals surface area contributed by atoms with Crippen LogP contribution in [-0.2, 0) is 19.6 Å². The van der Waals surface area contributed by atoms with Crippen LogP contribution in [0.25, 0.3) is 6.08 Å². The summed E-state index contributed by atoms with van der Waals surface area (Å²) in [5, 5.41) is 9.21. The minimum Gasteiger partial charge on any atom is -0.478 e. The fraction of sp³-hybridized carbons (Fsp3) is 0.438. The van der Waals surface area contributed by atoms with Gasteiger partial charge in [0.15, 0.2) is 6.10 Å². The van der Waals surface area contributed by atoms with Gasteiger partial charge in [-0.05, 0) is 24.3 Å². The number of rotatable bonds is 4. The van der Waals surface area contributed by atoms with Gasteiger partial charge in [-0.2, -0.15) is 4.31 Å². The van der Waals surface area contributed by atoms with E-state index in [9.17, 15) is 27.1 Å². The molecule has 2 aliphatic rings. The second kappa shape index (κ2) is 6.60. The molecule has 142 valence electrons. The minimum atomic E-state index is -3.80. The zero-order chi connectivity index (χ0) is 19.1. The fourth-order valence-corrected chi connectivity index (χ4v) is 4.27. The Morgan fingerprint density at radius 3 is 2.54 bits per heavy atom. The summed E-state index contributed by atoms with van der Waals surface area (Å²) in [5.74, 6) is -4.97. The molecule has 10 heteroatoms. The van der Waals surface area contributed by atoms with Crippen molar-refractivity contribution >= 4 is 22.1 Å². The van der Waals surface area contributed by atoms with Crippen LogP contribution < -0.4 is 4.74 Å². The highest BCUT2D eigenvalue weighted by Gasteiger charge is 2.44. The Morgan fingerprint density at radius 2 is 1.96 bits per heavy atom. The number of ether oxygens (including phenoxy) is 2. The number of nitrogens with zero attached hydrogens (tertiary/aromatic N) is 1. The SMILES string of the molecule is CC(F)(F)C1Oc2ccc(S(=O)(=O)N3CCOCC3)cc2C=C1C(=O)O. The van der Waals surface area contributed by atoms with Crippen molar-refractivity contribution in [3.63, 3.8) is 0 Å². The molecule has 1 saturated heterocycles. The molecule has 0 spiro atoms. The van der Waals surface area contributed by atoms with Crippen LogP contribution in [-0.4, -0.2) is 62.1 Å². The molecule has 2 aliphatic heterocycles. The number of sulfonamides is 1. The van der Waals surface area contributed by atoms with E-state index in [2.05, 4.69) is 0 Å². The lowest BCUT2D eigenvalue weighted by Gasteiger charge is -2.30. The van der Waals surface area contributed by atoms with Crippen molar-refractivity contribution in [1.29, 1.82) is 0 Å². The Bertz CT molecular complexity index is 856. The highest BCUT2D eigenvalue weighted by molar-refractivity contribution is 7.89. The Morgan fingerprint density at radius 1 is 1.31 bits per heavy atom. The summed E-state index contributed by atoms with van der Waals surface area (Å²) in [7, 11) is -3.80. The Labute approximate surface area is 148 Å². The number of hydrogen-bond acceptors (Lipinski definition) is 5. The fourth-order valence-electron chi connectivity index (χ4n) is 2.83. The molecular formula is C16H17F2NO6S. The number of fused-ring (bicyclic) bond motifs is 1. The monoisotopic (exact) mass is 389 g/mol. The van der Waals surface area contributed by atoms with E-state index in [-0.39, 0.29) is 42.5 Å². The molecule has 3 rings (SSSR count). The third-order valence-corrected chi connectivity index (χ3v) is 6.03. The lowest BCUT2D eigenvalue weighted by atomic mass is 9.98. The van der Waals surface area contributed by atoms with Crippen molar-refractivity contribution in [3.05, 3.63) is 29.3 Å². The molecule has 26 heavy (non-hydrogen) atoms. The summed E-state index contributed by atoms with van der Waals surface area (Å²) >= 11 is 0. The maximum Gasteiger partial charge on any atom is 0.335 e. The summed E-state index contributed by atoms with van der Waals surface area (Å²) in [6.07, 6.45) is -0.920. The summed E-state index contributed by atoms with van der Waals surface area (Å²) in [4.78, 5) is 11.3. The van der Waals surface area contributed by atoms with Crippen LogP contribution in [0.5, 0.6) is 5.75 Å². The number of alkyl halides is 2. The van der Waals surface area contributed by atoms with Crippen molar-refractivity contribution in [2.24, 2.45) is 0 Å². The van der Waals surface area contributed by atoms with Gasteiger partial charge in [0.25, 0.3) is 5.92 Å². The van der Waals surface area contributed by atoms with Crippen LogP contribution in [0.15, 0.2) is 28.7 Å². The summed E-state index contributed by atoms with van der Waals surface area (Å²) in [5.41, 5.74) is -0.511. The van der Waals surface area contributed by atoms with Crippen molar-refractivity contribution in [2.45, 2.75) is 23.8 Å². The third kappa shape index (κ3) is 3.44. The highest BCUT2D eigenvalue weighted by Crippen LogP contribution is 2.37. The molecule has 2 heterocycles. The van der Waals surface area contributed by atoms with Gasteiger partial charge in [0.1, 0.15) is 5.75 Å². The number of aliphatic carboxylic acids is 1. The van der Waals surface area contributed by atoms with E-state index in [4.69, 9.17) is 9.47 Å². The maximum atomic E-state index is 13.7. The molecule has 0 aliphatic carbocycles. The average molecular weight is 389 g/mol. The quantitative estimate of drug-likeness (QED) is 0.841. The van der Waals surface area contributed by atoms with Crippen LogP contribution in [0.2, 0.25) is 0 Å². The van der Waals surface area contributed by atoms with Gasteiger partial charge < -0.3 is 14.6 Å². The molecule has 1 N–H and O–H groups in total. The molecule has 0 radical (unpaired) electrons. The van der Waals surface area contributed by atoms with Crippen molar-refractivity contribution in [1.82, 2.24) is 4.31 Å². The van der Waals surface area contributed by atoms with E-state index in [1.807, 2.05) is 0 Å². The molecular weight excluding hydrogens is 372 g/mol. The molecule has 1 fully saturated rings. The van der Waals surface area contributed by atoms with Crippen LogP contribution in [0.1, 0.15) is 12.5 Å². The van der Waals surface area contributed by atoms with Gasteiger partial charge in [-0.15, -0.1) is 0 Å². The van der Waals surface area contributed by atoms with E-state index in [1.165, 1.54) is 22.5 Å². The molecule has 0 amide bonds. The summed E-state index contributed by atoms with van der Waals surface area (Å²) in [6, 6.07) is 3.75. The van der Waals surface area contributed by atoms with Gasteiger partial charge in [0.05, 0.1) is 23.7 Å². The molecule has 0 bridgehead atoms. The first-order valence-electron chi connectivity index (χ1n) is 7.82. The smallest absolute Gasteiger partial charge is 0.335 e. The number of morpholine rings is 1. The number of halogens is 2. The van der Waals surface area contributed by atoms with Crippen molar-refractivity contribution in [3.8, 4) is 5.75 Å². The van der Waals surface area contributed by atoms with Crippen molar-refractivity contribution < 1.29 is 36.6 Å². The van der Waals surface area contributed by atoms with E-state index in [0.29, 0.717) is 6.92 Å². The molecule has 7 nitrogen and oxygen atoms in total. The van der Waals surface area contributed by atoms with Gasteiger partial charge in [-0.1, -0.05) is 0 Å². The third-order valence-electron chi connectivity index (χ3n) is 4.13. The molecule has 1 atom stereocenters. The van der Waals surface area contributed by atoms with Crippen LogP contribution in [0.4, 0.5) is 8.78 Å². The first kappa shape index (κ1) is 18.7. The topological polar surface area (TPSA) is 93.1 Å². The number of benzene rings is 1. The largest absolute Gasteiger partial charge is 0.478 e. The standard InChI is InChI=1S/C16H17F2NO6S/c1-16(17,18)14-12(15(20)21)9-10-8-11(2-3-13(10)25-14)26(22,23)19-4-6-24-7-5-19/h2-3,8-9,14H,4-7H2,1H3,(H,20,21). The highest BCUT2D eigenvalue weighted by atomic mass is 32.2. The van der Waals surface area contributed by atoms with Crippen LogP contribution in [0, 0.1) is 0 Å². The molecule has 0 aromatic heterocycles. The first-order chi connectivity index (χ1) is 12.1. The lowest BCUT2D eigenvalue weighted by molar-refractivity contribution is -0.137. The minimum absolute atomic E-state index is 0.00227. The van der Waals surface area contributed by atoms with E-state index in [0.717, 1.165) is 6.08 Å².